The van der Waals surface area contributed by atoms with Gasteiger partial charge < -0.3 is 14.5 Å². The van der Waals surface area contributed by atoms with Gasteiger partial charge in [-0.2, -0.15) is 0 Å². The van der Waals surface area contributed by atoms with E-state index >= 15 is 0 Å². The molecule has 0 bridgehead atoms. The largest absolute Gasteiger partial charge is 0.490 e. The zero-order chi connectivity index (χ0) is 21.6. The number of carbonyl (C=O) groups excluding carboxylic acids is 1. The molecule has 1 N–H and O–H groups in total. The third kappa shape index (κ3) is 4.67. The Hall–Kier alpha value is -4.26. The van der Waals surface area contributed by atoms with E-state index in [-0.39, 0.29) is 5.89 Å². The normalized spacial score (nSPS) is 10.5. The van der Waals surface area contributed by atoms with E-state index < -0.39 is 11.7 Å². The van der Waals surface area contributed by atoms with E-state index in [2.05, 4.69) is 22.1 Å². The van der Waals surface area contributed by atoms with Gasteiger partial charge in [-0.25, -0.2) is 4.39 Å². The Morgan fingerprint density at radius 1 is 1.03 bits per heavy atom. The zero-order valence-corrected chi connectivity index (χ0v) is 16.4. The van der Waals surface area contributed by atoms with Gasteiger partial charge in [0, 0.05) is 11.1 Å². The lowest BCUT2D eigenvalue weighted by Gasteiger charge is -2.11. The molecule has 7 heteroatoms. The van der Waals surface area contributed by atoms with Crippen molar-refractivity contribution in [3.05, 3.63) is 96.8 Å². The number of hydrogen-bond donors (Lipinski definition) is 1. The van der Waals surface area contributed by atoms with Crippen molar-refractivity contribution in [2.75, 3.05) is 11.9 Å². The van der Waals surface area contributed by atoms with Crippen LogP contribution in [0.1, 0.15) is 10.4 Å². The number of halogens is 1. The molecule has 0 fully saturated rings. The maximum Gasteiger partial charge on any atom is 0.255 e. The molecule has 154 valence electrons. The van der Waals surface area contributed by atoms with Crippen LogP contribution in [0.25, 0.3) is 22.9 Å². The lowest BCUT2D eigenvalue weighted by molar-refractivity contribution is 0.102. The monoisotopic (exact) mass is 415 g/mol. The van der Waals surface area contributed by atoms with Crippen LogP contribution >= 0.6 is 0 Å². The summed E-state index contributed by atoms with van der Waals surface area (Å²) in [4.78, 5) is 12.6. The highest BCUT2D eigenvalue weighted by Crippen LogP contribution is 2.33. The molecule has 0 unspecified atom stereocenters. The molecule has 0 saturated carbocycles. The van der Waals surface area contributed by atoms with Gasteiger partial charge in [-0.05, 0) is 54.6 Å². The maximum absolute atomic E-state index is 13.2. The molecular weight excluding hydrogens is 397 g/mol. The quantitative estimate of drug-likeness (QED) is 0.411. The first-order valence-corrected chi connectivity index (χ1v) is 9.48. The van der Waals surface area contributed by atoms with E-state index in [4.69, 9.17) is 9.15 Å². The molecule has 0 atom stereocenters. The average molecular weight is 415 g/mol. The summed E-state index contributed by atoms with van der Waals surface area (Å²) in [6.07, 6.45) is 1.63. The molecule has 0 saturated heterocycles. The van der Waals surface area contributed by atoms with Gasteiger partial charge in [-0.3, -0.25) is 4.79 Å². The zero-order valence-electron chi connectivity index (χ0n) is 16.4. The van der Waals surface area contributed by atoms with Gasteiger partial charge in [0.15, 0.2) is 0 Å². The molecule has 0 spiro atoms. The second kappa shape index (κ2) is 9.04. The summed E-state index contributed by atoms with van der Waals surface area (Å²) in [6, 6.07) is 19.7. The van der Waals surface area contributed by atoms with Crippen molar-refractivity contribution in [2.45, 2.75) is 0 Å². The molecule has 0 aliphatic rings. The standard InChI is InChI=1S/C24H18FN3O3/c1-2-14-30-19-12-13-21(26-22(29)16-8-10-18(25)11-9-16)20(15-19)24-28-27-23(31-24)17-6-4-3-5-7-17/h2-13,15H,1,14H2,(H,26,29). The van der Waals surface area contributed by atoms with Crippen molar-refractivity contribution in [3.8, 4) is 28.7 Å². The Balaban J connectivity index is 1.69. The highest BCUT2D eigenvalue weighted by Gasteiger charge is 2.17. The van der Waals surface area contributed by atoms with Crippen molar-refractivity contribution in [2.24, 2.45) is 0 Å². The summed E-state index contributed by atoms with van der Waals surface area (Å²) >= 11 is 0. The number of ether oxygens (including phenoxy) is 1. The molecule has 6 nitrogen and oxygen atoms in total. The Bertz CT molecular complexity index is 1200. The highest BCUT2D eigenvalue weighted by molar-refractivity contribution is 6.06. The van der Waals surface area contributed by atoms with Crippen molar-refractivity contribution in [3.63, 3.8) is 0 Å². The minimum atomic E-state index is -0.416. The van der Waals surface area contributed by atoms with Crippen LogP contribution in [0.2, 0.25) is 0 Å². The van der Waals surface area contributed by atoms with Gasteiger partial charge >= 0.3 is 0 Å². The van der Waals surface area contributed by atoms with Crippen LogP contribution in [0, 0.1) is 5.82 Å². The summed E-state index contributed by atoms with van der Waals surface area (Å²) < 4.78 is 24.6. The molecule has 1 amide bonds. The maximum atomic E-state index is 13.2. The molecule has 0 radical (unpaired) electrons. The van der Waals surface area contributed by atoms with E-state index in [0.717, 1.165) is 5.56 Å². The van der Waals surface area contributed by atoms with Gasteiger partial charge in [-0.1, -0.05) is 30.9 Å². The fourth-order valence-electron chi connectivity index (χ4n) is 2.88. The first kappa shape index (κ1) is 20.0. The van der Waals surface area contributed by atoms with Crippen molar-refractivity contribution in [1.29, 1.82) is 0 Å². The van der Waals surface area contributed by atoms with Crippen LogP contribution in [0.3, 0.4) is 0 Å². The van der Waals surface area contributed by atoms with Crippen LogP contribution in [-0.2, 0) is 0 Å². The fourth-order valence-corrected chi connectivity index (χ4v) is 2.88. The Morgan fingerprint density at radius 3 is 2.52 bits per heavy atom. The Morgan fingerprint density at radius 2 is 1.77 bits per heavy atom. The first-order chi connectivity index (χ1) is 15.1. The number of benzene rings is 3. The molecule has 0 aliphatic carbocycles. The van der Waals surface area contributed by atoms with Crippen molar-refractivity contribution >= 4 is 11.6 Å². The predicted molar refractivity (Wildman–Crippen MR) is 115 cm³/mol. The Kier molecular flexibility index (Phi) is 5.84. The smallest absolute Gasteiger partial charge is 0.255 e. The molecule has 3 aromatic carbocycles. The van der Waals surface area contributed by atoms with Crippen LogP contribution in [0.5, 0.6) is 5.75 Å². The number of nitrogens with zero attached hydrogens (tertiary/aromatic N) is 2. The van der Waals surface area contributed by atoms with Gasteiger partial charge in [0.05, 0.1) is 11.3 Å². The lowest BCUT2D eigenvalue weighted by Crippen LogP contribution is -2.12. The predicted octanol–water partition coefficient (Wildman–Crippen LogP) is 5.36. The lowest BCUT2D eigenvalue weighted by atomic mass is 10.1. The molecule has 1 aromatic heterocycles. The van der Waals surface area contributed by atoms with E-state index in [1.807, 2.05) is 30.3 Å². The van der Waals surface area contributed by atoms with E-state index in [1.54, 1.807) is 24.3 Å². The molecule has 1 heterocycles. The number of carbonyl (C=O) groups is 1. The number of aromatic nitrogens is 2. The van der Waals surface area contributed by atoms with Crippen LogP contribution < -0.4 is 10.1 Å². The topological polar surface area (TPSA) is 77.2 Å². The summed E-state index contributed by atoms with van der Waals surface area (Å²) in [6.45, 7) is 3.96. The van der Waals surface area contributed by atoms with E-state index in [9.17, 15) is 9.18 Å². The number of nitrogens with one attached hydrogen (secondary N) is 1. The molecular formula is C24H18FN3O3. The number of rotatable bonds is 7. The second-order valence-electron chi connectivity index (χ2n) is 6.55. The molecule has 31 heavy (non-hydrogen) atoms. The summed E-state index contributed by atoms with van der Waals surface area (Å²) in [7, 11) is 0. The third-order valence-corrected chi connectivity index (χ3v) is 4.39. The number of hydrogen-bond acceptors (Lipinski definition) is 5. The summed E-state index contributed by atoms with van der Waals surface area (Å²) in [5, 5.41) is 11.1. The van der Waals surface area contributed by atoms with Crippen LogP contribution in [-0.4, -0.2) is 22.7 Å². The first-order valence-electron chi connectivity index (χ1n) is 9.48. The fraction of sp³-hybridized carbons (Fsp3) is 0.0417. The molecule has 4 rings (SSSR count). The molecule has 0 aliphatic heterocycles. The molecule has 4 aromatic rings. The average Bonchev–Trinajstić information content (AvgIpc) is 3.29. The van der Waals surface area contributed by atoms with Gasteiger partial charge in [-0.15, -0.1) is 10.2 Å². The van der Waals surface area contributed by atoms with Crippen LogP contribution in [0.15, 0.2) is 89.9 Å². The SMILES string of the molecule is C=CCOc1ccc(NC(=O)c2ccc(F)cc2)c(-c2nnc(-c3ccccc3)o2)c1. The van der Waals surface area contributed by atoms with E-state index in [0.29, 0.717) is 35.1 Å². The van der Waals surface area contributed by atoms with Gasteiger partial charge in [0.2, 0.25) is 11.8 Å². The summed E-state index contributed by atoms with van der Waals surface area (Å²) in [5.74, 6) is 0.305. The summed E-state index contributed by atoms with van der Waals surface area (Å²) in [5.41, 5.74) is 2.03. The van der Waals surface area contributed by atoms with Crippen LogP contribution in [0.4, 0.5) is 10.1 Å². The minimum Gasteiger partial charge on any atom is -0.490 e. The van der Waals surface area contributed by atoms with Gasteiger partial charge in [0.25, 0.3) is 5.91 Å². The van der Waals surface area contributed by atoms with Crippen molar-refractivity contribution in [1.82, 2.24) is 10.2 Å². The minimum absolute atomic E-state index is 0.220. The highest BCUT2D eigenvalue weighted by atomic mass is 19.1. The van der Waals surface area contributed by atoms with E-state index in [1.165, 1.54) is 24.3 Å². The van der Waals surface area contributed by atoms with Gasteiger partial charge in [0.1, 0.15) is 18.2 Å². The number of amides is 1. The third-order valence-electron chi connectivity index (χ3n) is 4.39. The van der Waals surface area contributed by atoms with Crippen molar-refractivity contribution < 1.29 is 18.3 Å². The second-order valence-corrected chi connectivity index (χ2v) is 6.55. The number of anilines is 1. The Labute approximate surface area is 178 Å².